The summed E-state index contributed by atoms with van der Waals surface area (Å²) in [6.45, 7) is 3.30. The highest BCUT2D eigenvalue weighted by molar-refractivity contribution is 5.87. The first-order valence-corrected chi connectivity index (χ1v) is 3.76. The maximum Gasteiger partial charge on any atom is 0.190 e. The van der Waals surface area contributed by atoms with E-state index in [4.69, 9.17) is 9.84 Å². The third-order valence-corrected chi connectivity index (χ3v) is 1.66. The van der Waals surface area contributed by atoms with Crippen molar-refractivity contribution in [3.05, 3.63) is 0 Å². The molecule has 11 heavy (non-hydrogen) atoms. The number of ketones is 1. The summed E-state index contributed by atoms with van der Waals surface area (Å²) in [7, 11) is 0. The van der Waals surface area contributed by atoms with Gasteiger partial charge in [0.1, 0.15) is 12.2 Å². The lowest BCUT2D eigenvalue weighted by atomic mass is 10.1. The molecule has 1 rings (SSSR count). The van der Waals surface area contributed by atoms with Gasteiger partial charge in [-0.3, -0.25) is 4.79 Å². The van der Waals surface area contributed by atoms with Gasteiger partial charge in [0.25, 0.3) is 0 Å². The van der Waals surface area contributed by atoms with E-state index in [-0.39, 0.29) is 5.78 Å². The number of morpholine rings is 1. The van der Waals surface area contributed by atoms with Crippen molar-refractivity contribution in [2.24, 2.45) is 0 Å². The molecule has 0 saturated carbocycles. The average molecular weight is 159 g/mol. The summed E-state index contributed by atoms with van der Waals surface area (Å²) in [4.78, 5) is 11.1. The molecule has 0 aromatic heterocycles. The Morgan fingerprint density at radius 3 is 3.00 bits per heavy atom. The second kappa shape index (κ2) is 3.80. The number of aliphatic hydroxyl groups excluding tert-OH is 1. The zero-order valence-corrected chi connectivity index (χ0v) is 6.54. The highest BCUT2D eigenvalue weighted by Gasteiger charge is 2.24. The van der Waals surface area contributed by atoms with Crippen LogP contribution in [-0.4, -0.2) is 42.8 Å². The Balaban J connectivity index is 2.39. The molecule has 1 saturated heterocycles. The number of nitrogens with one attached hydrogen (secondary N) is 1. The van der Waals surface area contributed by atoms with Gasteiger partial charge in [0.15, 0.2) is 5.78 Å². The van der Waals surface area contributed by atoms with Crippen molar-refractivity contribution in [1.29, 1.82) is 0 Å². The van der Waals surface area contributed by atoms with Crippen molar-refractivity contribution in [3.63, 3.8) is 0 Å². The van der Waals surface area contributed by atoms with E-state index in [1.807, 2.05) is 0 Å². The van der Waals surface area contributed by atoms with Crippen molar-refractivity contribution in [3.8, 4) is 0 Å². The van der Waals surface area contributed by atoms with Crippen LogP contribution in [0.2, 0.25) is 0 Å². The summed E-state index contributed by atoms with van der Waals surface area (Å²) in [6, 6.07) is 0. The van der Waals surface area contributed by atoms with Gasteiger partial charge in [0, 0.05) is 13.1 Å². The van der Waals surface area contributed by atoms with E-state index in [2.05, 4.69) is 5.32 Å². The van der Waals surface area contributed by atoms with Gasteiger partial charge < -0.3 is 15.2 Å². The van der Waals surface area contributed by atoms with Crippen LogP contribution in [0.15, 0.2) is 0 Å². The van der Waals surface area contributed by atoms with Crippen molar-refractivity contribution in [1.82, 2.24) is 5.32 Å². The van der Waals surface area contributed by atoms with Crippen molar-refractivity contribution < 1.29 is 14.6 Å². The summed E-state index contributed by atoms with van der Waals surface area (Å²) in [6.07, 6.45) is -1.37. The van der Waals surface area contributed by atoms with E-state index in [0.717, 1.165) is 6.54 Å². The third-order valence-electron chi connectivity index (χ3n) is 1.66. The maximum absolute atomic E-state index is 11.1. The highest BCUT2D eigenvalue weighted by Crippen LogP contribution is 2.00. The fourth-order valence-electron chi connectivity index (χ4n) is 1.02. The topological polar surface area (TPSA) is 58.6 Å². The van der Waals surface area contributed by atoms with Gasteiger partial charge >= 0.3 is 0 Å². The minimum atomic E-state index is -0.917. The van der Waals surface area contributed by atoms with E-state index in [1.54, 1.807) is 0 Å². The van der Waals surface area contributed by atoms with Gasteiger partial charge in [-0.05, 0) is 6.92 Å². The monoisotopic (exact) mass is 159 g/mol. The maximum atomic E-state index is 11.1. The molecule has 0 aromatic carbocycles. The van der Waals surface area contributed by atoms with Crippen LogP contribution in [0.5, 0.6) is 0 Å². The highest BCUT2D eigenvalue weighted by atomic mass is 16.5. The number of aliphatic hydroxyl groups is 1. The van der Waals surface area contributed by atoms with Gasteiger partial charge in [-0.1, -0.05) is 0 Å². The number of carbonyl (C=O) groups excluding carboxylic acids is 1. The molecular weight excluding hydrogens is 146 g/mol. The summed E-state index contributed by atoms with van der Waals surface area (Å²) in [5.74, 6) is -0.239. The van der Waals surface area contributed by atoms with Crippen LogP contribution in [-0.2, 0) is 9.53 Å². The number of ether oxygens (including phenoxy) is 1. The molecule has 0 aliphatic carbocycles. The smallest absolute Gasteiger partial charge is 0.190 e. The molecule has 4 heteroatoms. The summed E-state index contributed by atoms with van der Waals surface area (Å²) < 4.78 is 5.13. The van der Waals surface area contributed by atoms with E-state index >= 15 is 0 Å². The molecule has 4 nitrogen and oxygen atoms in total. The molecule has 1 heterocycles. The third kappa shape index (κ3) is 2.25. The molecule has 0 bridgehead atoms. The van der Waals surface area contributed by atoms with Gasteiger partial charge in [0.05, 0.1) is 6.61 Å². The Morgan fingerprint density at radius 1 is 1.82 bits per heavy atom. The quantitative estimate of drug-likeness (QED) is 0.538. The largest absolute Gasteiger partial charge is 0.386 e. The summed E-state index contributed by atoms with van der Waals surface area (Å²) in [5.41, 5.74) is 0. The average Bonchev–Trinajstić information content (AvgIpc) is 2.05. The van der Waals surface area contributed by atoms with Crippen molar-refractivity contribution >= 4 is 5.78 Å². The number of carbonyl (C=O) groups is 1. The van der Waals surface area contributed by atoms with E-state index in [9.17, 15) is 4.79 Å². The molecule has 2 unspecified atom stereocenters. The molecule has 2 atom stereocenters. The zero-order chi connectivity index (χ0) is 8.27. The molecule has 1 aliphatic heterocycles. The molecule has 64 valence electrons. The molecule has 0 aromatic rings. The number of Topliss-reactive ketones (excluding diaryl/α,β-unsaturated/α-hetero) is 1. The van der Waals surface area contributed by atoms with Crippen LogP contribution in [0.4, 0.5) is 0 Å². The Hall–Kier alpha value is -0.450. The van der Waals surface area contributed by atoms with Crippen LogP contribution in [0.25, 0.3) is 0 Å². The predicted octanol–water partition coefficient (Wildman–Crippen LogP) is -1.08. The second-order valence-corrected chi connectivity index (χ2v) is 2.64. The van der Waals surface area contributed by atoms with Gasteiger partial charge in [-0.2, -0.15) is 0 Å². The van der Waals surface area contributed by atoms with Crippen LogP contribution < -0.4 is 5.32 Å². The number of hydrogen-bond donors (Lipinski definition) is 2. The zero-order valence-electron chi connectivity index (χ0n) is 6.54. The molecule has 1 aliphatic rings. The Bertz CT molecular complexity index is 141. The summed E-state index contributed by atoms with van der Waals surface area (Å²) >= 11 is 0. The van der Waals surface area contributed by atoms with Crippen molar-refractivity contribution in [2.75, 3.05) is 19.7 Å². The Morgan fingerprint density at radius 2 is 2.55 bits per heavy atom. The first-order chi connectivity index (χ1) is 5.22. The Labute approximate surface area is 65.5 Å². The molecule has 0 spiro atoms. The van der Waals surface area contributed by atoms with Crippen LogP contribution >= 0.6 is 0 Å². The van der Waals surface area contributed by atoms with E-state index in [1.165, 1.54) is 6.92 Å². The lowest BCUT2D eigenvalue weighted by molar-refractivity contribution is -0.139. The first-order valence-electron chi connectivity index (χ1n) is 3.76. The minimum Gasteiger partial charge on any atom is -0.386 e. The van der Waals surface area contributed by atoms with Gasteiger partial charge in [0.2, 0.25) is 0 Å². The van der Waals surface area contributed by atoms with E-state index in [0.29, 0.717) is 13.2 Å². The van der Waals surface area contributed by atoms with Crippen molar-refractivity contribution in [2.45, 2.75) is 19.1 Å². The lowest BCUT2D eigenvalue weighted by Crippen LogP contribution is -2.46. The molecule has 1 fully saturated rings. The fourth-order valence-corrected chi connectivity index (χ4v) is 1.02. The minimum absolute atomic E-state index is 0.239. The number of hydrogen-bond acceptors (Lipinski definition) is 4. The van der Waals surface area contributed by atoms with Crippen LogP contribution in [0.1, 0.15) is 6.92 Å². The normalized spacial score (nSPS) is 28.0. The summed E-state index contributed by atoms with van der Waals surface area (Å²) in [5, 5.41) is 11.9. The fraction of sp³-hybridized carbons (Fsp3) is 0.857. The first kappa shape index (κ1) is 8.64. The molecule has 0 radical (unpaired) electrons. The van der Waals surface area contributed by atoms with Gasteiger partial charge in [-0.15, -0.1) is 0 Å². The molecule has 0 amide bonds. The molecular formula is C7H13NO3. The number of rotatable bonds is 2. The SMILES string of the molecule is CC(O)C(=O)C1CNCCO1. The molecule has 2 N–H and O–H groups in total. The predicted molar refractivity (Wildman–Crippen MR) is 39.3 cm³/mol. The van der Waals surface area contributed by atoms with Gasteiger partial charge in [-0.25, -0.2) is 0 Å². The second-order valence-electron chi connectivity index (χ2n) is 2.64. The van der Waals surface area contributed by atoms with E-state index < -0.39 is 12.2 Å². The standard InChI is InChI=1S/C7H13NO3/c1-5(9)7(10)6-4-8-2-3-11-6/h5-6,8-9H,2-4H2,1H3. The Kier molecular flexibility index (Phi) is 2.99. The van der Waals surface area contributed by atoms with Crippen LogP contribution in [0, 0.1) is 0 Å². The van der Waals surface area contributed by atoms with Crippen LogP contribution in [0.3, 0.4) is 0 Å². The lowest BCUT2D eigenvalue weighted by Gasteiger charge is -2.23.